The molecule has 32 heavy (non-hydrogen) atoms. The lowest BCUT2D eigenvalue weighted by molar-refractivity contribution is 0.0690. The third kappa shape index (κ3) is 4.14. The maximum Gasteiger partial charge on any atom is 0.358 e. The first kappa shape index (κ1) is 21.4. The average Bonchev–Trinajstić information content (AvgIpc) is 3.23. The van der Waals surface area contributed by atoms with Crippen molar-refractivity contribution in [2.75, 3.05) is 23.8 Å². The highest BCUT2D eigenvalue weighted by Gasteiger charge is 2.23. The van der Waals surface area contributed by atoms with E-state index in [0.717, 1.165) is 16.8 Å². The number of carbonyl (C=O) groups excluding carboxylic acids is 1. The first-order valence-corrected chi connectivity index (χ1v) is 10.3. The SMILES string of the molecule is Cc1ccc(C(=O)Nc2cc(C(C)(C)C)cc3c2OCCN3)cc1-n1cc(C(=O)O)nn1. The maximum absolute atomic E-state index is 13.1. The summed E-state index contributed by atoms with van der Waals surface area (Å²) in [5.74, 6) is -0.862. The van der Waals surface area contributed by atoms with E-state index in [2.05, 4.69) is 47.8 Å². The summed E-state index contributed by atoms with van der Waals surface area (Å²) in [6, 6.07) is 9.15. The van der Waals surface area contributed by atoms with Crippen LogP contribution in [0.2, 0.25) is 0 Å². The highest BCUT2D eigenvalue weighted by Crippen LogP contribution is 2.40. The van der Waals surface area contributed by atoms with Gasteiger partial charge in [-0.2, -0.15) is 0 Å². The molecule has 0 unspecified atom stereocenters. The Kier molecular flexibility index (Phi) is 5.33. The number of benzene rings is 2. The maximum atomic E-state index is 13.1. The second kappa shape index (κ2) is 7.99. The number of carbonyl (C=O) groups is 2. The van der Waals surface area contributed by atoms with Gasteiger partial charge in [-0.1, -0.05) is 32.1 Å². The fourth-order valence-electron chi connectivity index (χ4n) is 3.45. The van der Waals surface area contributed by atoms with E-state index < -0.39 is 5.97 Å². The van der Waals surface area contributed by atoms with Crippen LogP contribution in [0.25, 0.3) is 5.69 Å². The van der Waals surface area contributed by atoms with Crippen LogP contribution < -0.4 is 15.4 Å². The van der Waals surface area contributed by atoms with Crippen LogP contribution in [0.15, 0.2) is 36.5 Å². The smallest absolute Gasteiger partial charge is 0.358 e. The standard InChI is InChI=1S/C23H25N5O4/c1-13-5-6-14(9-19(13)28-12-18(22(30)31)26-27-28)21(29)25-17-11-15(23(2,3)4)10-16-20(17)32-8-7-24-16/h5-6,9-12,24H,7-8H2,1-4H3,(H,25,29)(H,30,31). The molecule has 0 aliphatic carbocycles. The molecule has 0 radical (unpaired) electrons. The molecule has 1 aliphatic rings. The van der Waals surface area contributed by atoms with Crippen LogP contribution in [0.5, 0.6) is 5.75 Å². The molecular formula is C23H25N5O4. The van der Waals surface area contributed by atoms with Gasteiger partial charge in [0.15, 0.2) is 11.4 Å². The van der Waals surface area contributed by atoms with Gasteiger partial charge in [0, 0.05) is 12.1 Å². The van der Waals surface area contributed by atoms with Gasteiger partial charge in [0.25, 0.3) is 5.91 Å². The summed E-state index contributed by atoms with van der Waals surface area (Å²) >= 11 is 0. The molecule has 9 heteroatoms. The van der Waals surface area contributed by atoms with Crippen LogP contribution in [0.1, 0.15) is 52.7 Å². The van der Waals surface area contributed by atoms with Crippen LogP contribution in [-0.4, -0.2) is 45.1 Å². The topological polar surface area (TPSA) is 118 Å². The Balaban J connectivity index is 1.68. The minimum absolute atomic E-state index is 0.112. The van der Waals surface area contributed by atoms with E-state index >= 15 is 0 Å². The Morgan fingerprint density at radius 3 is 2.69 bits per heavy atom. The minimum atomic E-state index is -1.17. The normalized spacial score (nSPS) is 13.0. The van der Waals surface area contributed by atoms with Gasteiger partial charge in [-0.05, 0) is 47.7 Å². The van der Waals surface area contributed by atoms with Crippen molar-refractivity contribution in [3.8, 4) is 11.4 Å². The van der Waals surface area contributed by atoms with Crippen molar-refractivity contribution >= 4 is 23.3 Å². The summed E-state index contributed by atoms with van der Waals surface area (Å²) in [4.78, 5) is 24.3. The third-order valence-electron chi connectivity index (χ3n) is 5.30. The van der Waals surface area contributed by atoms with Crippen LogP contribution in [-0.2, 0) is 5.41 Å². The third-order valence-corrected chi connectivity index (χ3v) is 5.30. The lowest BCUT2D eigenvalue weighted by Gasteiger charge is -2.27. The Labute approximate surface area is 185 Å². The molecule has 2 aromatic carbocycles. The molecule has 0 bridgehead atoms. The molecule has 2 heterocycles. The number of carboxylic acids is 1. The van der Waals surface area contributed by atoms with E-state index in [-0.39, 0.29) is 17.0 Å². The molecule has 0 spiro atoms. The summed E-state index contributed by atoms with van der Waals surface area (Å²) in [5, 5.41) is 22.9. The second-order valence-electron chi connectivity index (χ2n) is 8.73. The van der Waals surface area contributed by atoms with Crippen LogP contribution in [0.3, 0.4) is 0 Å². The molecule has 0 saturated carbocycles. The predicted molar refractivity (Wildman–Crippen MR) is 120 cm³/mol. The molecule has 9 nitrogen and oxygen atoms in total. The molecule has 0 saturated heterocycles. The predicted octanol–water partition coefficient (Wildman–Crippen LogP) is 3.63. The Morgan fingerprint density at radius 1 is 1.22 bits per heavy atom. The molecule has 166 valence electrons. The van der Waals surface area contributed by atoms with Crippen LogP contribution >= 0.6 is 0 Å². The van der Waals surface area contributed by atoms with E-state index in [0.29, 0.717) is 35.8 Å². The highest BCUT2D eigenvalue weighted by atomic mass is 16.5. The van der Waals surface area contributed by atoms with Crippen molar-refractivity contribution in [3.63, 3.8) is 0 Å². The molecule has 1 amide bonds. The van der Waals surface area contributed by atoms with E-state index in [4.69, 9.17) is 9.84 Å². The molecule has 0 atom stereocenters. The minimum Gasteiger partial charge on any atom is -0.487 e. The first-order valence-electron chi connectivity index (χ1n) is 10.3. The number of rotatable bonds is 4. The van der Waals surface area contributed by atoms with E-state index in [9.17, 15) is 9.59 Å². The zero-order valence-corrected chi connectivity index (χ0v) is 18.4. The molecule has 0 fully saturated rings. The van der Waals surface area contributed by atoms with Crippen molar-refractivity contribution < 1.29 is 19.4 Å². The number of aromatic nitrogens is 3. The lowest BCUT2D eigenvalue weighted by Crippen LogP contribution is -2.22. The molecule has 1 aromatic heterocycles. The van der Waals surface area contributed by atoms with Gasteiger partial charge in [0.2, 0.25) is 0 Å². The summed E-state index contributed by atoms with van der Waals surface area (Å²) in [5.41, 5.74) is 4.03. The number of fused-ring (bicyclic) bond motifs is 1. The number of hydrogen-bond donors (Lipinski definition) is 3. The van der Waals surface area contributed by atoms with Crippen LogP contribution in [0.4, 0.5) is 11.4 Å². The number of amides is 1. The Bertz CT molecular complexity index is 1210. The monoisotopic (exact) mass is 435 g/mol. The van der Waals surface area contributed by atoms with E-state index in [1.54, 1.807) is 18.2 Å². The number of anilines is 2. The van der Waals surface area contributed by atoms with Gasteiger partial charge in [-0.15, -0.1) is 5.10 Å². The number of ether oxygens (including phenoxy) is 1. The molecular weight excluding hydrogens is 410 g/mol. The molecule has 3 N–H and O–H groups in total. The van der Waals surface area contributed by atoms with Crippen molar-refractivity contribution in [2.24, 2.45) is 0 Å². The van der Waals surface area contributed by atoms with Gasteiger partial charge in [0.05, 0.1) is 23.3 Å². The summed E-state index contributed by atoms with van der Waals surface area (Å²) in [7, 11) is 0. The van der Waals surface area contributed by atoms with Crippen LogP contribution in [0, 0.1) is 6.92 Å². The van der Waals surface area contributed by atoms with Gasteiger partial charge in [-0.3, -0.25) is 4.79 Å². The van der Waals surface area contributed by atoms with Gasteiger partial charge in [0.1, 0.15) is 6.61 Å². The zero-order valence-electron chi connectivity index (χ0n) is 18.4. The number of aromatic carboxylic acids is 1. The fourth-order valence-corrected chi connectivity index (χ4v) is 3.45. The van der Waals surface area contributed by atoms with Gasteiger partial charge >= 0.3 is 5.97 Å². The van der Waals surface area contributed by atoms with Crippen molar-refractivity contribution in [2.45, 2.75) is 33.1 Å². The fraction of sp³-hybridized carbons (Fsp3) is 0.304. The number of nitrogens with one attached hydrogen (secondary N) is 2. The summed E-state index contributed by atoms with van der Waals surface area (Å²) in [6.45, 7) is 9.39. The summed E-state index contributed by atoms with van der Waals surface area (Å²) in [6.07, 6.45) is 1.31. The Hall–Kier alpha value is -3.88. The van der Waals surface area contributed by atoms with E-state index in [1.807, 2.05) is 13.0 Å². The van der Waals surface area contributed by atoms with Gasteiger partial charge in [-0.25, -0.2) is 9.48 Å². The quantitative estimate of drug-likeness (QED) is 0.573. The number of carboxylic acid groups (broad SMARTS) is 1. The summed E-state index contributed by atoms with van der Waals surface area (Å²) < 4.78 is 7.19. The molecule has 3 aromatic rings. The highest BCUT2D eigenvalue weighted by molar-refractivity contribution is 6.06. The van der Waals surface area contributed by atoms with E-state index in [1.165, 1.54) is 10.9 Å². The van der Waals surface area contributed by atoms with Crippen molar-refractivity contribution in [3.05, 3.63) is 58.9 Å². The average molecular weight is 435 g/mol. The lowest BCUT2D eigenvalue weighted by atomic mass is 9.86. The van der Waals surface area contributed by atoms with Gasteiger partial charge < -0.3 is 20.5 Å². The molecule has 1 aliphatic heterocycles. The number of hydrogen-bond acceptors (Lipinski definition) is 6. The Morgan fingerprint density at radius 2 is 2.00 bits per heavy atom. The largest absolute Gasteiger partial charge is 0.487 e. The molecule has 4 rings (SSSR count). The zero-order chi connectivity index (χ0) is 23.0. The second-order valence-corrected chi connectivity index (χ2v) is 8.73. The first-order chi connectivity index (χ1) is 15.1. The van der Waals surface area contributed by atoms with Crippen molar-refractivity contribution in [1.82, 2.24) is 15.0 Å². The number of aryl methyl sites for hydroxylation is 1. The number of nitrogens with zero attached hydrogens (tertiary/aromatic N) is 3. The van der Waals surface area contributed by atoms with Crippen molar-refractivity contribution in [1.29, 1.82) is 0 Å².